The van der Waals surface area contributed by atoms with Crippen LogP contribution in [0.25, 0.3) is 0 Å². The molecule has 156 valence electrons. The Kier molecular flexibility index (Phi) is 6.09. The van der Waals surface area contributed by atoms with E-state index in [9.17, 15) is 13.2 Å². The summed E-state index contributed by atoms with van der Waals surface area (Å²) in [6.45, 7) is 0.0734. The first-order valence-electron chi connectivity index (χ1n) is 8.69. The molecule has 1 N–H and O–H groups in total. The van der Waals surface area contributed by atoms with Gasteiger partial charge >= 0.3 is 0 Å². The van der Waals surface area contributed by atoms with Gasteiger partial charge in [0, 0.05) is 24.1 Å². The Balaban J connectivity index is 1.87. The molecular weight excluding hydrogens is 420 g/mol. The molecule has 1 aliphatic rings. The Bertz CT molecular complexity index is 1030. The quantitative estimate of drug-likeness (QED) is 0.768. The number of benzene rings is 2. The summed E-state index contributed by atoms with van der Waals surface area (Å²) in [5.41, 5.74) is 0.750. The van der Waals surface area contributed by atoms with Crippen LogP contribution in [-0.2, 0) is 14.8 Å². The highest BCUT2D eigenvalue weighted by Crippen LogP contribution is 2.37. The number of methoxy groups -OCH3 is 2. The predicted molar refractivity (Wildman–Crippen MR) is 111 cm³/mol. The van der Waals surface area contributed by atoms with Crippen molar-refractivity contribution in [2.24, 2.45) is 0 Å². The smallest absolute Gasteiger partial charge is 0.265 e. The van der Waals surface area contributed by atoms with Gasteiger partial charge in [-0.1, -0.05) is 11.6 Å². The number of nitrogens with one attached hydrogen (secondary N) is 1. The highest BCUT2D eigenvalue weighted by molar-refractivity contribution is 7.92. The van der Waals surface area contributed by atoms with Crippen molar-refractivity contribution in [1.82, 2.24) is 0 Å². The van der Waals surface area contributed by atoms with Gasteiger partial charge in [-0.05, 0) is 30.3 Å². The average Bonchev–Trinajstić information content (AvgIpc) is 2.87. The first-order chi connectivity index (χ1) is 13.7. The lowest BCUT2D eigenvalue weighted by Crippen LogP contribution is -2.36. The number of carbonyl (C=O) groups excluding carboxylic acids is 1. The molecule has 0 bridgehead atoms. The van der Waals surface area contributed by atoms with Gasteiger partial charge in [0.1, 0.15) is 17.2 Å². The van der Waals surface area contributed by atoms with E-state index < -0.39 is 22.0 Å². The number of carbonyl (C=O) groups is 1. The number of nitrogens with zero attached hydrogens (tertiary/aromatic N) is 1. The second-order valence-electron chi connectivity index (χ2n) is 6.40. The third-order valence-electron chi connectivity index (χ3n) is 4.41. The SMILES string of the molecule is COc1ccc(NC(=O)[C@H]2CCN(S(C)(=O)=O)c3cc(Cl)ccc3O2)c(OC)c1. The fourth-order valence-electron chi connectivity index (χ4n) is 3.00. The summed E-state index contributed by atoms with van der Waals surface area (Å²) in [6.07, 6.45) is 0.345. The first-order valence-corrected chi connectivity index (χ1v) is 10.9. The minimum Gasteiger partial charge on any atom is -0.497 e. The third-order valence-corrected chi connectivity index (χ3v) is 5.83. The lowest BCUT2D eigenvalue weighted by Gasteiger charge is -2.21. The molecule has 0 spiro atoms. The van der Waals surface area contributed by atoms with Gasteiger partial charge in [-0.2, -0.15) is 0 Å². The maximum Gasteiger partial charge on any atom is 0.265 e. The largest absolute Gasteiger partial charge is 0.497 e. The van der Waals surface area contributed by atoms with Crippen LogP contribution in [0.3, 0.4) is 0 Å². The van der Waals surface area contributed by atoms with Gasteiger partial charge in [-0.3, -0.25) is 9.10 Å². The van der Waals surface area contributed by atoms with Crippen molar-refractivity contribution in [3.63, 3.8) is 0 Å². The summed E-state index contributed by atoms with van der Waals surface area (Å²) in [7, 11) is -0.563. The highest BCUT2D eigenvalue weighted by atomic mass is 35.5. The van der Waals surface area contributed by atoms with E-state index in [1.807, 2.05) is 0 Å². The number of rotatable bonds is 5. The normalized spacial score (nSPS) is 16.3. The first kappa shape index (κ1) is 21.1. The Labute approximate surface area is 174 Å². The molecule has 2 aromatic carbocycles. The zero-order valence-electron chi connectivity index (χ0n) is 16.1. The van der Waals surface area contributed by atoms with E-state index in [4.69, 9.17) is 25.8 Å². The number of halogens is 1. The molecule has 0 aliphatic carbocycles. The molecule has 0 saturated carbocycles. The van der Waals surface area contributed by atoms with Gasteiger partial charge in [0.15, 0.2) is 6.10 Å². The maximum absolute atomic E-state index is 12.9. The molecule has 10 heteroatoms. The minimum atomic E-state index is -3.58. The van der Waals surface area contributed by atoms with E-state index in [0.717, 1.165) is 6.26 Å². The summed E-state index contributed by atoms with van der Waals surface area (Å²) in [6, 6.07) is 9.62. The van der Waals surface area contributed by atoms with E-state index in [2.05, 4.69) is 5.32 Å². The van der Waals surface area contributed by atoms with E-state index in [0.29, 0.717) is 27.9 Å². The number of sulfonamides is 1. The zero-order chi connectivity index (χ0) is 21.2. The van der Waals surface area contributed by atoms with Crippen molar-refractivity contribution in [1.29, 1.82) is 0 Å². The van der Waals surface area contributed by atoms with Crippen molar-refractivity contribution in [2.45, 2.75) is 12.5 Å². The summed E-state index contributed by atoms with van der Waals surface area (Å²) in [5, 5.41) is 3.13. The number of ether oxygens (including phenoxy) is 3. The molecule has 0 unspecified atom stereocenters. The molecule has 8 nitrogen and oxygen atoms in total. The van der Waals surface area contributed by atoms with Crippen LogP contribution in [-0.4, -0.2) is 47.4 Å². The number of anilines is 2. The van der Waals surface area contributed by atoms with Crippen LogP contribution in [0.1, 0.15) is 6.42 Å². The van der Waals surface area contributed by atoms with Gasteiger partial charge in [0.05, 0.1) is 31.9 Å². The van der Waals surface area contributed by atoms with Crippen molar-refractivity contribution >= 4 is 38.9 Å². The summed E-state index contributed by atoms with van der Waals surface area (Å²) in [4.78, 5) is 12.9. The second kappa shape index (κ2) is 8.38. The topological polar surface area (TPSA) is 94.2 Å². The fourth-order valence-corrected chi connectivity index (χ4v) is 4.10. The number of fused-ring (bicyclic) bond motifs is 1. The van der Waals surface area contributed by atoms with Crippen LogP contribution in [0.4, 0.5) is 11.4 Å². The van der Waals surface area contributed by atoms with Crippen LogP contribution in [0, 0.1) is 0 Å². The molecule has 2 aromatic rings. The van der Waals surface area contributed by atoms with E-state index in [-0.39, 0.29) is 18.7 Å². The van der Waals surface area contributed by atoms with Crippen LogP contribution < -0.4 is 23.8 Å². The number of hydrogen-bond donors (Lipinski definition) is 1. The minimum absolute atomic E-state index is 0.0734. The van der Waals surface area contributed by atoms with Crippen molar-refractivity contribution < 1.29 is 27.4 Å². The highest BCUT2D eigenvalue weighted by Gasteiger charge is 2.31. The lowest BCUT2D eigenvalue weighted by molar-refractivity contribution is -0.122. The molecule has 1 heterocycles. The molecular formula is C19H21ClN2O6S. The number of amides is 1. The molecule has 3 rings (SSSR count). The molecule has 0 fully saturated rings. The maximum atomic E-state index is 12.9. The number of hydrogen-bond acceptors (Lipinski definition) is 6. The van der Waals surface area contributed by atoms with Crippen LogP contribution in [0.15, 0.2) is 36.4 Å². The van der Waals surface area contributed by atoms with Gasteiger partial charge in [-0.15, -0.1) is 0 Å². The summed E-state index contributed by atoms with van der Waals surface area (Å²) < 4.78 is 41.9. The van der Waals surface area contributed by atoms with Crippen LogP contribution in [0.2, 0.25) is 5.02 Å². The fraction of sp³-hybridized carbons (Fsp3) is 0.316. The Hall–Kier alpha value is -2.65. The summed E-state index contributed by atoms with van der Waals surface area (Å²) in [5.74, 6) is 0.848. The Morgan fingerprint density at radius 3 is 2.62 bits per heavy atom. The monoisotopic (exact) mass is 440 g/mol. The molecule has 0 radical (unpaired) electrons. The molecule has 0 saturated heterocycles. The van der Waals surface area contributed by atoms with E-state index in [1.54, 1.807) is 30.3 Å². The van der Waals surface area contributed by atoms with Gasteiger partial charge < -0.3 is 19.5 Å². The average molecular weight is 441 g/mol. The van der Waals surface area contributed by atoms with Crippen molar-refractivity contribution in [3.8, 4) is 17.2 Å². The molecule has 1 aliphatic heterocycles. The molecule has 29 heavy (non-hydrogen) atoms. The van der Waals surface area contributed by atoms with Crippen molar-refractivity contribution in [2.75, 3.05) is 36.6 Å². The van der Waals surface area contributed by atoms with Gasteiger partial charge in [-0.25, -0.2) is 8.42 Å². The van der Waals surface area contributed by atoms with Crippen molar-refractivity contribution in [3.05, 3.63) is 41.4 Å². The molecule has 1 amide bonds. The Morgan fingerprint density at radius 1 is 1.21 bits per heavy atom. The van der Waals surface area contributed by atoms with Crippen LogP contribution >= 0.6 is 11.6 Å². The lowest BCUT2D eigenvalue weighted by atomic mass is 10.2. The zero-order valence-corrected chi connectivity index (χ0v) is 17.7. The van der Waals surface area contributed by atoms with Crippen LogP contribution in [0.5, 0.6) is 17.2 Å². The Morgan fingerprint density at radius 2 is 1.97 bits per heavy atom. The second-order valence-corrected chi connectivity index (χ2v) is 8.74. The van der Waals surface area contributed by atoms with Gasteiger partial charge in [0.25, 0.3) is 5.91 Å². The van der Waals surface area contributed by atoms with E-state index >= 15 is 0 Å². The molecule has 0 aromatic heterocycles. The molecule has 1 atom stereocenters. The van der Waals surface area contributed by atoms with E-state index in [1.165, 1.54) is 24.6 Å². The third kappa shape index (κ3) is 4.68. The van der Waals surface area contributed by atoms with Gasteiger partial charge in [0.2, 0.25) is 10.0 Å². The summed E-state index contributed by atoms with van der Waals surface area (Å²) >= 11 is 6.03. The predicted octanol–water partition coefficient (Wildman–Crippen LogP) is 2.91. The standard InChI is InChI=1S/C19H21ClN2O6S/c1-26-13-5-6-14(18(11-13)27-2)21-19(23)17-8-9-22(29(3,24)25)15-10-12(20)4-7-16(15)28-17/h4-7,10-11,17H,8-9H2,1-3H3,(H,21,23)/t17-/m1/s1.